The lowest BCUT2D eigenvalue weighted by Crippen LogP contribution is -2.35. The highest BCUT2D eigenvalue weighted by atomic mass is 32.2. The fourth-order valence-electron chi connectivity index (χ4n) is 4.16. The smallest absolute Gasteiger partial charge is 0.181 e. The molecule has 0 bridgehead atoms. The molecule has 2 aromatic carbocycles. The second-order valence-corrected chi connectivity index (χ2v) is 10.6. The van der Waals surface area contributed by atoms with E-state index in [2.05, 4.69) is 4.90 Å². The normalized spacial score (nSPS) is 18.7. The Hall–Kier alpha value is -1.87. The summed E-state index contributed by atoms with van der Waals surface area (Å²) in [5.74, 6) is -1.07. The molecule has 0 unspecified atom stereocenters. The standard InChI is InChI=1S/C23H28F2N2O3S/c1-2-18(14-30-23(11-26)21-10-17(24)4-8-22(21)25)27-12-15-3-5-20(9-16(15)13-27)31(28,29)19-6-7-19/h3-5,8-10,18-19,23H,2,6-7,11-14,26H2,1H3/t18-,23+/m1/s1. The predicted octanol–water partition coefficient (Wildman–Crippen LogP) is 3.71. The van der Waals surface area contributed by atoms with Gasteiger partial charge in [-0.2, -0.15) is 0 Å². The quantitative estimate of drug-likeness (QED) is 0.631. The molecule has 0 saturated heterocycles. The van der Waals surface area contributed by atoms with Crippen LogP contribution in [0.5, 0.6) is 0 Å². The molecule has 1 aliphatic carbocycles. The summed E-state index contributed by atoms with van der Waals surface area (Å²) in [7, 11) is -3.22. The Labute approximate surface area is 182 Å². The summed E-state index contributed by atoms with van der Waals surface area (Å²) < 4.78 is 58.7. The largest absolute Gasteiger partial charge is 0.370 e. The molecular weight excluding hydrogens is 422 g/mol. The summed E-state index contributed by atoms with van der Waals surface area (Å²) in [5, 5.41) is -0.226. The Bertz CT molecular complexity index is 1060. The molecule has 2 aliphatic rings. The van der Waals surface area contributed by atoms with Crippen LogP contribution in [0.3, 0.4) is 0 Å². The molecule has 0 spiro atoms. The first-order chi connectivity index (χ1) is 14.8. The van der Waals surface area contributed by atoms with Crippen LogP contribution in [-0.2, 0) is 27.7 Å². The maximum Gasteiger partial charge on any atom is 0.181 e. The molecule has 4 rings (SSSR count). The molecule has 2 atom stereocenters. The average Bonchev–Trinajstić information content (AvgIpc) is 3.53. The van der Waals surface area contributed by atoms with Crippen molar-refractivity contribution in [2.75, 3.05) is 13.2 Å². The number of hydrogen-bond acceptors (Lipinski definition) is 5. The van der Waals surface area contributed by atoms with E-state index in [1.165, 1.54) is 0 Å². The fraction of sp³-hybridized carbons (Fsp3) is 0.478. The van der Waals surface area contributed by atoms with Gasteiger partial charge in [0.2, 0.25) is 0 Å². The molecule has 1 heterocycles. The zero-order chi connectivity index (χ0) is 22.2. The van der Waals surface area contributed by atoms with E-state index >= 15 is 0 Å². The summed E-state index contributed by atoms with van der Waals surface area (Å²) in [6, 6.07) is 8.75. The van der Waals surface area contributed by atoms with E-state index < -0.39 is 27.6 Å². The Balaban J connectivity index is 1.43. The maximum atomic E-state index is 14.1. The number of nitrogens with zero attached hydrogens (tertiary/aromatic N) is 1. The van der Waals surface area contributed by atoms with Crippen LogP contribution < -0.4 is 5.73 Å². The topological polar surface area (TPSA) is 72.6 Å². The van der Waals surface area contributed by atoms with E-state index in [9.17, 15) is 17.2 Å². The summed E-state index contributed by atoms with van der Waals surface area (Å²) in [6.45, 7) is 3.73. The molecular formula is C23H28F2N2O3S. The zero-order valence-electron chi connectivity index (χ0n) is 17.6. The van der Waals surface area contributed by atoms with E-state index in [0.29, 0.717) is 24.6 Å². The molecule has 0 radical (unpaired) electrons. The minimum Gasteiger partial charge on any atom is -0.370 e. The van der Waals surface area contributed by atoms with E-state index in [4.69, 9.17) is 10.5 Å². The third-order valence-corrected chi connectivity index (χ3v) is 8.47. The number of benzene rings is 2. The predicted molar refractivity (Wildman–Crippen MR) is 114 cm³/mol. The number of hydrogen-bond donors (Lipinski definition) is 1. The van der Waals surface area contributed by atoms with Crippen molar-refractivity contribution in [1.29, 1.82) is 0 Å². The summed E-state index contributed by atoms with van der Waals surface area (Å²) in [6.07, 6.45) is 1.55. The molecule has 0 aromatic heterocycles. The Morgan fingerprint density at radius 1 is 1.13 bits per heavy atom. The van der Waals surface area contributed by atoms with Crippen LogP contribution in [-0.4, -0.2) is 37.8 Å². The van der Waals surface area contributed by atoms with Crippen LogP contribution in [0.4, 0.5) is 8.78 Å². The van der Waals surface area contributed by atoms with Crippen molar-refractivity contribution in [1.82, 2.24) is 4.90 Å². The molecule has 1 fully saturated rings. The van der Waals surface area contributed by atoms with Crippen molar-refractivity contribution in [3.05, 3.63) is 64.7 Å². The first-order valence-corrected chi connectivity index (χ1v) is 12.2. The molecule has 5 nitrogen and oxygen atoms in total. The van der Waals surface area contributed by atoms with Gasteiger partial charge in [-0.05, 0) is 60.7 Å². The van der Waals surface area contributed by atoms with Crippen LogP contribution >= 0.6 is 0 Å². The molecule has 31 heavy (non-hydrogen) atoms. The first-order valence-electron chi connectivity index (χ1n) is 10.7. The van der Waals surface area contributed by atoms with Crippen LogP contribution in [0.25, 0.3) is 0 Å². The first kappa shape index (κ1) is 22.3. The minimum absolute atomic E-state index is 0.0411. The van der Waals surface area contributed by atoms with Crippen molar-refractivity contribution >= 4 is 9.84 Å². The van der Waals surface area contributed by atoms with Gasteiger partial charge >= 0.3 is 0 Å². The number of nitrogens with two attached hydrogens (primary N) is 1. The van der Waals surface area contributed by atoms with Crippen molar-refractivity contribution < 1.29 is 21.9 Å². The van der Waals surface area contributed by atoms with Gasteiger partial charge in [-0.3, -0.25) is 4.90 Å². The van der Waals surface area contributed by atoms with Crippen molar-refractivity contribution in [3.8, 4) is 0 Å². The zero-order valence-corrected chi connectivity index (χ0v) is 18.4. The van der Waals surface area contributed by atoms with Crippen molar-refractivity contribution in [2.24, 2.45) is 5.73 Å². The lowest BCUT2D eigenvalue weighted by atomic mass is 10.1. The summed E-state index contributed by atoms with van der Waals surface area (Å²) in [5.41, 5.74) is 8.03. The number of rotatable bonds is 9. The number of fused-ring (bicyclic) bond motifs is 1. The van der Waals surface area contributed by atoms with Crippen molar-refractivity contribution in [2.45, 2.75) is 61.6 Å². The average molecular weight is 451 g/mol. The highest BCUT2D eigenvalue weighted by Gasteiger charge is 2.37. The number of ether oxygens (including phenoxy) is 1. The Morgan fingerprint density at radius 2 is 1.87 bits per heavy atom. The van der Waals surface area contributed by atoms with Gasteiger partial charge in [-0.15, -0.1) is 0 Å². The van der Waals surface area contributed by atoms with E-state index in [0.717, 1.165) is 48.6 Å². The third kappa shape index (κ3) is 4.67. The van der Waals surface area contributed by atoms with Gasteiger partial charge in [0, 0.05) is 31.2 Å². The lowest BCUT2D eigenvalue weighted by molar-refractivity contribution is 0.00661. The monoisotopic (exact) mass is 450 g/mol. The molecule has 2 aromatic rings. The van der Waals surface area contributed by atoms with E-state index in [1.807, 2.05) is 13.0 Å². The molecule has 1 aliphatic heterocycles. The van der Waals surface area contributed by atoms with Gasteiger partial charge in [0.1, 0.15) is 11.6 Å². The fourth-order valence-corrected chi connectivity index (χ4v) is 5.86. The van der Waals surface area contributed by atoms with Gasteiger partial charge < -0.3 is 10.5 Å². The van der Waals surface area contributed by atoms with E-state index in [-0.39, 0.29) is 23.4 Å². The second kappa shape index (κ2) is 8.94. The molecule has 1 saturated carbocycles. The number of sulfone groups is 1. The van der Waals surface area contributed by atoms with E-state index in [1.54, 1.807) is 12.1 Å². The Morgan fingerprint density at radius 3 is 2.55 bits per heavy atom. The summed E-state index contributed by atoms with van der Waals surface area (Å²) >= 11 is 0. The third-order valence-electron chi connectivity index (χ3n) is 6.21. The SMILES string of the molecule is CC[C@H](CO[C@@H](CN)c1cc(F)ccc1F)N1Cc2ccc(S(=O)(=O)C3CC3)cc2C1. The van der Waals surface area contributed by atoms with Gasteiger partial charge in [0.25, 0.3) is 0 Å². The minimum atomic E-state index is -3.22. The van der Waals surface area contributed by atoms with Gasteiger partial charge in [0.15, 0.2) is 9.84 Å². The highest BCUT2D eigenvalue weighted by molar-refractivity contribution is 7.92. The van der Waals surface area contributed by atoms with Crippen LogP contribution in [0.2, 0.25) is 0 Å². The van der Waals surface area contributed by atoms with Gasteiger partial charge in [-0.25, -0.2) is 17.2 Å². The second-order valence-electron chi connectivity index (χ2n) is 8.37. The van der Waals surface area contributed by atoms with Gasteiger partial charge in [-0.1, -0.05) is 13.0 Å². The lowest BCUT2D eigenvalue weighted by Gasteiger charge is -2.28. The van der Waals surface area contributed by atoms with Gasteiger partial charge in [0.05, 0.1) is 22.9 Å². The highest BCUT2D eigenvalue weighted by Crippen LogP contribution is 2.36. The maximum absolute atomic E-state index is 14.1. The Kier molecular flexibility index (Phi) is 6.44. The number of halogens is 2. The molecule has 8 heteroatoms. The molecule has 168 valence electrons. The molecule has 0 amide bonds. The van der Waals surface area contributed by atoms with Crippen LogP contribution in [0.15, 0.2) is 41.3 Å². The van der Waals surface area contributed by atoms with Crippen molar-refractivity contribution in [3.63, 3.8) is 0 Å². The van der Waals surface area contributed by atoms with Crippen LogP contribution in [0, 0.1) is 11.6 Å². The van der Waals surface area contributed by atoms with Crippen LogP contribution in [0.1, 0.15) is 49.0 Å². The molecule has 2 N–H and O–H groups in total. The summed E-state index contributed by atoms with van der Waals surface area (Å²) in [4.78, 5) is 2.64.